The molecule has 3 aromatic rings. The van der Waals surface area contributed by atoms with E-state index >= 15 is 0 Å². The minimum Gasteiger partial charge on any atom is -0.493 e. The lowest BCUT2D eigenvalue weighted by molar-refractivity contribution is -0.126. The summed E-state index contributed by atoms with van der Waals surface area (Å²) >= 11 is 7.62. The Morgan fingerprint density at radius 2 is 2.00 bits per heavy atom. The number of carbonyl (C=O) groups is 1. The number of carbonyl (C=O) groups excluding carboxylic acids is 1. The number of benzene rings is 2. The van der Waals surface area contributed by atoms with Crippen LogP contribution in [0.1, 0.15) is 18.7 Å². The molecule has 0 bridgehead atoms. The number of nitrogens with one attached hydrogen (secondary N) is 1. The smallest absolute Gasteiger partial charge is 0.241 e. The number of likely N-dealkylation sites (tertiary alicyclic amines) is 1. The molecule has 1 amide bonds. The van der Waals surface area contributed by atoms with Gasteiger partial charge in [-0.25, -0.2) is 0 Å². The molecule has 0 radical (unpaired) electrons. The van der Waals surface area contributed by atoms with Gasteiger partial charge in [0.05, 0.1) is 26.7 Å². The monoisotopic (exact) mass is 516 g/mol. The molecule has 35 heavy (non-hydrogen) atoms. The van der Waals surface area contributed by atoms with Crippen LogP contribution in [0.15, 0.2) is 51.9 Å². The maximum Gasteiger partial charge on any atom is 0.241 e. The van der Waals surface area contributed by atoms with E-state index < -0.39 is 0 Å². The Labute approximate surface area is 214 Å². The van der Waals surface area contributed by atoms with Gasteiger partial charge in [-0.05, 0) is 61.9 Å². The van der Waals surface area contributed by atoms with E-state index in [-0.39, 0.29) is 11.8 Å². The van der Waals surface area contributed by atoms with E-state index in [1.807, 2.05) is 42.5 Å². The second kappa shape index (κ2) is 12.3. The molecule has 0 aliphatic carbocycles. The molecule has 10 heteroatoms. The fourth-order valence-corrected chi connectivity index (χ4v) is 4.93. The van der Waals surface area contributed by atoms with Crippen molar-refractivity contribution >= 4 is 29.3 Å². The van der Waals surface area contributed by atoms with Crippen molar-refractivity contribution in [1.82, 2.24) is 20.4 Å². The number of hydrogen-bond donors (Lipinski definition) is 1. The van der Waals surface area contributed by atoms with E-state index in [0.717, 1.165) is 40.6 Å². The first-order valence-electron chi connectivity index (χ1n) is 11.5. The van der Waals surface area contributed by atoms with E-state index in [9.17, 15) is 4.79 Å². The molecule has 186 valence electrons. The van der Waals surface area contributed by atoms with Crippen LogP contribution in [0.2, 0.25) is 5.02 Å². The van der Waals surface area contributed by atoms with Gasteiger partial charge >= 0.3 is 0 Å². The molecule has 0 spiro atoms. The molecule has 1 atom stereocenters. The normalized spacial score (nSPS) is 16.1. The van der Waals surface area contributed by atoms with E-state index in [0.29, 0.717) is 42.8 Å². The Balaban J connectivity index is 1.26. The molecule has 1 saturated heterocycles. The highest BCUT2D eigenvalue weighted by Crippen LogP contribution is 2.31. The van der Waals surface area contributed by atoms with Gasteiger partial charge in [0.2, 0.25) is 17.6 Å². The third-order valence-corrected chi connectivity index (χ3v) is 7.09. The maximum absolute atomic E-state index is 12.7. The van der Waals surface area contributed by atoms with Crippen LogP contribution in [0, 0.1) is 5.92 Å². The van der Waals surface area contributed by atoms with Gasteiger partial charge < -0.3 is 19.3 Å². The standard InChI is InChI=1S/C25H29ClN4O4S/c1-32-21-10-5-17(14-22(21)33-2)24-28-23(34-29-24)16-30-12-3-4-18(15-30)25(31)27-11-13-35-20-8-6-19(26)7-9-20/h5-10,14,18H,3-4,11-13,15-16H2,1-2H3,(H,27,31). The minimum absolute atomic E-state index is 0.0440. The van der Waals surface area contributed by atoms with Crippen LogP contribution in [0.25, 0.3) is 11.4 Å². The molecule has 4 rings (SSSR count). The number of rotatable bonds is 10. The van der Waals surface area contributed by atoms with Crippen molar-refractivity contribution in [3.8, 4) is 22.9 Å². The Kier molecular flexibility index (Phi) is 8.90. The quantitative estimate of drug-likeness (QED) is 0.310. The highest BCUT2D eigenvalue weighted by molar-refractivity contribution is 7.99. The van der Waals surface area contributed by atoms with Crippen molar-refractivity contribution in [2.75, 3.05) is 39.6 Å². The fourth-order valence-electron chi connectivity index (χ4n) is 4.03. The molecule has 2 aromatic carbocycles. The van der Waals surface area contributed by atoms with Crippen molar-refractivity contribution in [3.05, 3.63) is 53.4 Å². The average Bonchev–Trinajstić information content (AvgIpc) is 3.35. The molecule has 1 N–H and O–H groups in total. The van der Waals surface area contributed by atoms with Crippen molar-refractivity contribution in [2.45, 2.75) is 24.3 Å². The van der Waals surface area contributed by atoms with Gasteiger partial charge in [-0.2, -0.15) is 4.98 Å². The number of methoxy groups -OCH3 is 2. The Bertz CT molecular complexity index is 1120. The first kappa shape index (κ1) is 25.3. The zero-order valence-corrected chi connectivity index (χ0v) is 21.4. The van der Waals surface area contributed by atoms with Crippen molar-refractivity contribution < 1.29 is 18.8 Å². The van der Waals surface area contributed by atoms with Gasteiger partial charge in [0, 0.05) is 34.3 Å². The van der Waals surface area contributed by atoms with Crippen LogP contribution in [-0.2, 0) is 11.3 Å². The summed E-state index contributed by atoms with van der Waals surface area (Å²) in [5.41, 5.74) is 0.782. The number of thioether (sulfide) groups is 1. The number of piperidine rings is 1. The molecule has 1 aromatic heterocycles. The van der Waals surface area contributed by atoms with Gasteiger partial charge in [-0.15, -0.1) is 11.8 Å². The number of amides is 1. The van der Waals surface area contributed by atoms with Crippen molar-refractivity contribution in [1.29, 1.82) is 0 Å². The molecule has 1 aliphatic rings. The Morgan fingerprint density at radius 1 is 1.20 bits per heavy atom. The van der Waals surface area contributed by atoms with E-state index in [1.54, 1.807) is 26.0 Å². The lowest BCUT2D eigenvalue weighted by Crippen LogP contribution is -2.43. The summed E-state index contributed by atoms with van der Waals surface area (Å²) in [4.78, 5) is 20.6. The number of ether oxygens (including phenoxy) is 2. The SMILES string of the molecule is COc1ccc(-c2noc(CN3CCCC(C(=O)NCCSc4ccc(Cl)cc4)C3)n2)cc1OC. The highest BCUT2D eigenvalue weighted by atomic mass is 35.5. The molecular weight excluding hydrogens is 488 g/mol. The highest BCUT2D eigenvalue weighted by Gasteiger charge is 2.26. The zero-order valence-electron chi connectivity index (χ0n) is 19.8. The van der Waals surface area contributed by atoms with Gasteiger partial charge in [0.15, 0.2) is 11.5 Å². The Morgan fingerprint density at radius 3 is 2.77 bits per heavy atom. The van der Waals surface area contributed by atoms with Crippen LogP contribution in [0.5, 0.6) is 11.5 Å². The number of halogens is 1. The molecule has 2 heterocycles. The van der Waals surface area contributed by atoms with Crippen LogP contribution >= 0.6 is 23.4 Å². The summed E-state index contributed by atoms with van der Waals surface area (Å²) in [5.74, 6) is 3.13. The Hall–Kier alpha value is -2.75. The molecule has 1 unspecified atom stereocenters. The topological polar surface area (TPSA) is 89.7 Å². The fraction of sp³-hybridized carbons (Fsp3) is 0.400. The third kappa shape index (κ3) is 6.90. The van der Waals surface area contributed by atoms with E-state index in [1.165, 1.54) is 0 Å². The summed E-state index contributed by atoms with van der Waals surface area (Å²) < 4.78 is 16.1. The molecular formula is C25H29ClN4O4S. The summed E-state index contributed by atoms with van der Waals surface area (Å²) in [6.07, 6.45) is 1.83. The van der Waals surface area contributed by atoms with Gasteiger partial charge in [0.1, 0.15) is 0 Å². The predicted molar refractivity (Wildman–Crippen MR) is 136 cm³/mol. The molecule has 0 saturated carbocycles. The molecule has 8 nitrogen and oxygen atoms in total. The second-order valence-electron chi connectivity index (χ2n) is 8.25. The summed E-state index contributed by atoms with van der Waals surface area (Å²) in [5, 5.41) is 7.92. The number of hydrogen-bond acceptors (Lipinski definition) is 8. The van der Waals surface area contributed by atoms with Crippen molar-refractivity contribution in [2.24, 2.45) is 5.92 Å². The summed E-state index contributed by atoms with van der Waals surface area (Å²) in [6.45, 7) is 2.70. The summed E-state index contributed by atoms with van der Waals surface area (Å²) in [7, 11) is 3.18. The lowest BCUT2D eigenvalue weighted by Gasteiger charge is -2.30. The minimum atomic E-state index is -0.0440. The number of nitrogens with zero attached hydrogens (tertiary/aromatic N) is 3. The second-order valence-corrected chi connectivity index (χ2v) is 9.85. The van der Waals surface area contributed by atoms with E-state index in [4.69, 9.17) is 25.6 Å². The van der Waals surface area contributed by atoms with Crippen LogP contribution in [0.4, 0.5) is 0 Å². The van der Waals surface area contributed by atoms with Crippen LogP contribution < -0.4 is 14.8 Å². The van der Waals surface area contributed by atoms with Gasteiger partial charge in [0.25, 0.3) is 0 Å². The zero-order chi connectivity index (χ0) is 24.6. The number of aromatic nitrogens is 2. The lowest BCUT2D eigenvalue weighted by atomic mass is 9.97. The van der Waals surface area contributed by atoms with Gasteiger partial charge in [-0.1, -0.05) is 16.8 Å². The predicted octanol–water partition coefficient (Wildman–Crippen LogP) is 4.53. The molecule has 1 aliphatic heterocycles. The maximum atomic E-state index is 12.7. The largest absolute Gasteiger partial charge is 0.493 e. The van der Waals surface area contributed by atoms with Gasteiger partial charge in [-0.3, -0.25) is 9.69 Å². The first-order valence-corrected chi connectivity index (χ1v) is 12.9. The van der Waals surface area contributed by atoms with Crippen molar-refractivity contribution in [3.63, 3.8) is 0 Å². The average molecular weight is 517 g/mol. The van der Waals surface area contributed by atoms with E-state index in [2.05, 4.69) is 20.4 Å². The van der Waals surface area contributed by atoms with Crippen LogP contribution in [0.3, 0.4) is 0 Å². The summed E-state index contributed by atoms with van der Waals surface area (Å²) in [6, 6.07) is 13.2. The first-order chi connectivity index (χ1) is 17.1. The van der Waals surface area contributed by atoms with Crippen LogP contribution in [-0.4, -0.2) is 60.6 Å². The molecule has 1 fully saturated rings. The third-order valence-electron chi connectivity index (χ3n) is 5.83.